The molecule has 3 rings (SSSR count). The number of hydrogen-bond donors (Lipinski definition) is 1. The predicted octanol–water partition coefficient (Wildman–Crippen LogP) is 3.89. The number of piperidine rings is 1. The molecule has 1 N–H and O–H groups in total. The number of likely N-dealkylation sites (tertiary alicyclic amines) is 1. The Morgan fingerprint density at radius 2 is 2.04 bits per heavy atom. The number of thiazole rings is 1. The van der Waals surface area contributed by atoms with Crippen molar-refractivity contribution in [2.45, 2.75) is 46.1 Å². The van der Waals surface area contributed by atoms with Crippen LogP contribution in [0.15, 0.2) is 29.6 Å². The molecule has 0 aliphatic carbocycles. The van der Waals surface area contributed by atoms with E-state index >= 15 is 0 Å². The Bertz CT molecular complexity index is 734. The molecule has 4 nitrogen and oxygen atoms in total. The van der Waals surface area contributed by atoms with E-state index in [2.05, 4.69) is 53.3 Å². The van der Waals surface area contributed by atoms with Crippen LogP contribution in [0.5, 0.6) is 0 Å². The Kier molecular flexibility index (Phi) is 6.43. The number of nitrogens with one attached hydrogen (secondary N) is 1. The molecular weight excluding hydrogens is 342 g/mol. The number of carbonyl (C=O) groups is 1. The molecule has 1 aliphatic rings. The van der Waals surface area contributed by atoms with E-state index in [1.807, 2.05) is 12.3 Å². The van der Waals surface area contributed by atoms with Crippen LogP contribution in [0.25, 0.3) is 0 Å². The maximum absolute atomic E-state index is 12.4. The van der Waals surface area contributed by atoms with Crippen LogP contribution in [0.4, 0.5) is 0 Å². The summed E-state index contributed by atoms with van der Waals surface area (Å²) in [7, 11) is 0. The summed E-state index contributed by atoms with van der Waals surface area (Å²) in [4.78, 5) is 19.3. The summed E-state index contributed by atoms with van der Waals surface area (Å²) < 4.78 is 0. The Morgan fingerprint density at radius 3 is 2.69 bits per heavy atom. The molecule has 0 spiro atoms. The van der Waals surface area contributed by atoms with E-state index in [1.54, 1.807) is 11.3 Å². The van der Waals surface area contributed by atoms with Crippen molar-refractivity contribution in [2.24, 2.45) is 5.92 Å². The van der Waals surface area contributed by atoms with Gasteiger partial charge in [-0.15, -0.1) is 11.3 Å². The Morgan fingerprint density at radius 1 is 1.31 bits per heavy atom. The fraction of sp³-hybridized carbons (Fsp3) is 0.524. The third kappa shape index (κ3) is 4.92. The minimum Gasteiger partial charge on any atom is -0.354 e. The van der Waals surface area contributed by atoms with Crippen molar-refractivity contribution in [2.75, 3.05) is 19.6 Å². The fourth-order valence-corrected chi connectivity index (χ4v) is 4.28. The SMILES string of the molecule is Cc1nc(CC(=O)NCC(c2ccccc2C)N2CCC(C)CC2)cs1. The predicted molar refractivity (Wildman–Crippen MR) is 107 cm³/mol. The zero-order chi connectivity index (χ0) is 18.5. The van der Waals surface area contributed by atoms with E-state index in [4.69, 9.17) is 0 Å². The summed E-state index contributed by atoms with van der Waals surface area (Å²) in [5.74, 6) is 0.852. The number of amides is 1. The van der Waals surface area contributed by atoms with Gasteiger partial charge >= 0.3 is 0 Å². The molecule has 140 valence electrons. The molecule has 1 amide bonds. The highest BCUT2D eigenvalue weighted by Gasteiger charge is 2.26. The minimum absolute atomic E-state index is 0.0549. The molecule has 1 fully saturated rings. The van der Waals surface area contributed by atoms with Gasteiger partial charge in [0, 0.05) is 11.9 Å². The summed E-state index contributed by atoms with van der Waals surface area (Å²) in [5.41, 5.74) is 3.48. The van der Waals surface area contributed by atoms with Gasteiger partial charge in [0.25, 0.3) is 0 Å². The number of hydrogen-bond acceptors (Lipinski definition) is 4. The number of nitrogens with zero attached hydrogens (tertiary/aromatic N) is 2. The van der Waals surface area contributed by atoms with Gasteiger partial charge in [-0.3, -0.25) is 9.69 Å². The molecule has 0 radical (unpaired) electrons. The van der Waals surface area contributed by atoms with Crippen LogP contribution in [0, 0.1) is 19.8 Å². The second-order valence-corrected chi connectivity index (χ2v) is 8.49. The second-order valence-electron chi connectivity index (χ2n) is 7.43. The van der Waals surface area contributed by atoms with Crippen molar-refractivity contribution in [3.63, 3.8) is 0 Å². The van der Waals surface area contributed by atoms with Gasteiger partial charge in [-0.25, -0.2) is 4.98 Å². The first-order valence-corrected chi connectivity index (χ1v) is 10.4. The van der Waals surface area contributed by atoms with Gasteiger partial charge in [-0.1, -0.05) is 31.2 Å². The number of aromatic nitrogens is 1. The van der Waals surface area contributed by atoms with Gasteiger partial charge in [0.15, 0.2) is 0 Å². The normalized spacial score (nSPS) is 17.2. The molecule has 1 atom stereocenters. The minimum atomic E-state index is 0.0549. The highest BCUT2D eigenvalue weighted by atomic mass is 32.1. The van der Waals surface area contributed by atoms with Gasteiger partial charge in [0.05, 0.1) is 23.2 Å². The van der Waals surface area contributed by atoms with Crippen molar-refractivity contribution in [1.29, 1.82) is 0 Å². The lowest BCUT2D eigenvalue weighted by molar-refractivity contribution is -0.120. The van der Waals surface area contributed by atoms with E-state index in [0.717, 1.165) is 29.7 Å². The molecule has 1 aliphatic heterocycles. The smallest absolute Gasteiger partial charge is 0.226 e. The highest BCUT2D eigenvalue weighted by Crippen LogP contribution is 2.28. The van der Waals surface area contributed by atoms with Crippen LogP contribution >= 0.6 is 11.3 Å². The number of rotatable bonds is 6. The molecule has 1 saturated heterocycles. The van der Waals surface area contributed by atoms with Gasteiger partial charge < -0.3 is 5.32 Å². The molecule has 0 saturated carbocycles. The Hall–Kier alpha value is -1.72. The third-order valence-electron chi connectivity index (χ3n) is 5.31. The lowest BCUT2D eigenvalue weighted by Gasteiger charge is -2.37. The van der Waals surface area contributed by atoms with Crippen LogP contribution in [-0.4, -0.2) is 35.4 Å². The first-order valence-electron chi connectivity index (χ1n) is 9.50. The maximum Gasteiger partial charge on any atom is 0.226 e. The van der Waals surface area contributed by atoms with E-state index < -0.39 is 0 Å². The quantitative estimate of drug-likeness (QED) is 0.838. The average molecular weight is 372 g/mol. The molecule has 1 unspecified atom stereocenters. The Labute approximate surface area is 160 Å². The van der Waals surface area contributed by atoms with Crippen molar-refractivity contribution >= 4 is 17.2 Å². The topological polar surface area (TPSA) is 45.2 Å². The van der Waals surface area contributed by atoms with Crippen LogP contribution in [0.2, 0.25) is 0 Å². The third-order valence-corrected chi connectivity index (χ3v) is 6.13. The zero-order valence-electron chi connectivity index (χ0n) is 16.0. The second kappa shape index (κ2) is 8.78. The average Bonchev–Trinajstić information content (AvgIpc) is 3.02. The van der Waals surface area contributed by atoms with Crippen LogP contribution in [-0.2, 0) is 11.2 Å². The lowest BCUT2D eigenvalue weighted by atomic mass is 9.94. The van der Waals surface area contributed by atoms with Crippen molar-refractivity contribution in [1.82, 2.24) is 15.2 Å². The van der Waals surface area contributed by atoms with E-state index in [9.17, 15) is 4.79 Å². The largest absolute Gasteiger partial charge is 0.354 e. The standard InChI is InChI=1S/C21H29N3OS/c1-15-8-10-24(11-9-15)20(19-7-5-4-6-16(19)2)13-22-21(25)12-18-14-26-17(3)23-18/h4-7,14-15,20H,8-13H2,1-3H3,(H,22,25). The molecule has 5 heteroatoms. The van der Waals surface area contributed by atoms with E-state index in [1.165, 1.54) is 24.0 Å². The molecule has 1 aromatic carbocycles. The molecule has 2 aromatic rings. The number of aryl methyl sites for hydroxylation is 2. The molecule has 2 heterocycles. The first kappa shape index (κ1) is 19.1. The summed E-state index contributed by atoms with van der Waals surface area (Å²) >= 11 is 1.59. The van der Waals surface area contributed by atoms with Gasteiger partial charge in [0.1, 0.15) is 0 Å². The zero-order valence-corrected chi connectivity index (χ0v) is 16.8. The molecular formula is C21H29N3OS. The fourth-order valence-electron chi connectivity index (χ4n) is 3.66. The van der Waals surface area contributed by atoms with Crippen molar-refractivity contribution in [3.8, 4) is 0 Å². The van der Waals surface area contributed by atoms with Crippen LogP contribution in [0.3, 0.4) is 0 Å². The van der Waals surface area contributed by atoms with Crippen molar-refractivity contribution in [3.05, 3.63) is 51.5 Å². The summed E-state index contributed by atoms with van der Waals surface area (Å²) in [6, 6.07) is 8.78. The lowest BCUT2D eigenvalue weighted by Crippen LogP contribution is -2.42. The van der Waals surface area contributed by atoms with Crippen LogP contribution in [0.1, 0.15) is 47.6 Å². The van der Waals surface area contributed by atoms with E-state index in [-0.39, 0.29) is 11.9 Å². The first-order chi connectivity index (χ1) is 12.5. The number of benzene rings is 1. The van der Waals surface area contributed by atoms with Crippen molar-refractivity contribution < 1.29 is 4.79 Å². The Balaban J connectivity index is 1.67. The molecule has 26 heavy (non-hydrogen) atoms. The summed E-state index contributed by atoms with van der Waals surface area (Å²) in [6.45, 7) is 9.31. The van der Waals surface area contributed by atoms with Gasteiger partial charge in [0.2, 0.25) is 5.91 Å². The van der Waals surface area contributed by atoms with Gasteiger partial charge in [-0.05, 0) is 56.8 Å². The molecule has 0 bridgehead atoms. The van der Waals surface area contributed by atoms with E-state index in [0.29, 0.717) is 13.0 Å². The summed E-state index contributed by atoms with van der Waals surface area (Å²) in [6.07, 6.45) is 2.82. The maximum atomic E-state index is 12.4. The molecule has 1 aromatic heterocycles. The highest BCUT2D eigenvalue weighted by molar-refractivity contribution is 7.09. The monoisotopic (exact) mass is 371 g/mol. The van der Waals surface area contributed by atoms with Crippen LogP contribution < -0.4 is 5.32 Å². The summed E-state index contributed by atoms with van der Waals surface area (Å²) in [5, 5.41) is 6.14. The number of carbonyl (C=O) groups excluding carboxylic acids is 1. The van der Waals surface area contributed by atoms with Gasteiger partial charge in [-0.2, -0.15) is 0 Å².